The Bertz CT molecular complexity index is 1540. The highest BCUT2D eigenvalue weighted by Gasteiger charge is 2.25. The van der Waals surface area contributed by atoms with Crippen LogP contribution in [-0.2, 0) is 16.1 Å². The van der Waals surface area contributed by atoms with Crippen LogP contribution in [0.2, 0.25) is 0 Å². The molecule has 2 aliphatic heterocycles. The monoisotopic (exact) mass is 523 g/mol. The molecule has 39 heavy (non-hydrogen) atoms. The zero-order valence-corrected chi connectivity index (χ0v) is 22.5. The number of benzene rings is 2. The van der Waals surface area contributed by atoms with Crippen molar-refractivity contribution in [3.63, 3.8) is 0 Å². The second-order valence-electron chi connectivity index (χ2n) is 10.1. The van der Waals surface area contributed by atoms with Crippen LogP contribution in [-0.4, -0.2) is 65.3 Å². The Morgan fingerprint density at radius 2 is 1.92 bits per heavy atom. The number of aryl methyl sites for hydroxylation is 1. The maximum Gasteiger partial charge on any atom is 0.250 e. The highest BCUT2D eigenvalue weighted by atomic mass is 16.5. The van der Waals surface area contributed by atoms with Crippen molar-refractivity contribution in [2.24, 2.45) is 0 Å². The number of nitrogens with zero attached hydrogens (tertiary/aromatic N) is 5. The molecule has 2 aromatic heterocycles. The van der Waals surface area contributed by atoms with Crippen molar-refractivity contribution in [1.29, 1.82) is 0 Å². The van der Waals surface area contributed by atoms with E-state index in [1.54, 1.807) is 13.4 Å². The largest absolute Gasteiger partial charge is 0.495 e. The van der Waals surface area contributed by atoms with Crippen LogP contribution >= 0.6 is 0 Å². The van der Waals surface area contributed by atoms with Gasteiger partial charge in [0, 0.05) is 43.3 Å². The van der Waals surface area contributed by atoms with E-state index in [2.05, 4.69) is 22.0 Å². The van der Waals surface area contributed by atoms with Gasteiger partial charge in [-0.25, -0.2) is 9.97 Å². The highest BCUT2D eigenvalue weighted by Crippen LogP contribution is 2.30. The third-order valence-electron chi connectivity index (χ3n) is 7.46. The summed E-state index contributed by atoms with van der Waals surface area (Å²) >= 11 is 0. The molecule has 0 radical (unpaired) electrons. The lowest BCUT2D eigenvalue weighted by molar-refractivity contribution is -0.129. The summed E-state index contributed by atoms with van der Waals surface area (Å²) in [6.07, 6.45) is 7.44. The average molecular weight is 524 g/mol. The highest BCUT2D eigenvalue weighted by molar-refractivity contribution is 5.99. The van der Waals surface area contributed by atoms with Crippen LogP contribution in [0.15, 0.2) is 66.6 Å². The molecule has 2 saturated heterocycles. The first kappa shape index (κ1) is 25.1. The topological polar surface area (TPSA) is 72.7 Å². The van der Waals surface area contributed by atoms with Crippen molar-refractivity contribution in [3.8, 4) is 11.4 Å². The number of amides is 1. The van der Waals surface area contributed by atoms with E-state index < -0.39 is 0 Å². The van der Waals surface area contributed by atoms with E-state index in [-0.39, 0.29) is 5.91 Å². The summed E-state index contributed by atoms with van der Waals surface area (Å²) in [5, 5.41) is 1.09. The van der Waals surface area contributed by atoms with Crippen molar-refractivity contribution < 1.29 is 14.3 Å². The minimum atomic E-state index is 0.0864. The molecule has 8 heteroatoms. The van der Waals surface area contributed by atoms with Crippen LogP contribution in [0, 0.1) is 6.92 Å². The number of morpholine rings is 1. The van der Waals surface area contributed by atoms with Crippen molar-refractivity contribution in [1.82, 2.24) is 19.4 Å². The molecule has 8 nitrogen and oxygen atoms in total. The molecule has 200 valence electrons. The van der Waals surface area contributed by atoms with Gasteiger partial charge >= 0.3 is 0 Å². The Hall–Kier alpha value is -4.17. The van der Waals surface area contributed by atoms with Crippen LogP contribution in [0.5, 0.6) is 5.75 Å². The molecular weight excluding hydrogens is 490 g/mol. The Balaban J connectivity index is 1.27. The van der Waals surface area contributed by atoms with Gasteiger partial charge < -0.3 is 23.8 Å². The zero-order valence-electron chi connectivity index (χ0n) is 22.5. The number of imidazole rings is 1. The third-order valence-corrected chi connectivity index (χ3v) is 7.46. The van der Waals surface area contributed by atoms with Gasteiger partial charge in [-0.1, -0.05) is 24.3 Å². The maximum atomic E-state index is 13.7. The minimum absolute atomic E-state index is 0.0864. The molecule has 2 fully saturated rings. The number of fused-ring (bicyclic) bond motifs is 1. The number of rotatable bonds is 6. The average Bonchev–Trinajstić information content (AvgIpc) is 3.41. The van der Waals surface area contributed by atoms with Crippen molar-refractivity contribution in [2.75, 3.05) is 44.9 Å². The molecule has 0 atom stereocenters. The lowest BCUT2D eigenvalue weighted by Gasteiger charge is -2.31. The summed E-state index contributed by atoms with van der Waals surface area (Å²) < 4.78 is 13.2. The Morgan fingerprint density at radius 1 is 1.08 bits per heavy atom. The number of aromatic nitrogens is 3. The van der Waals surface area contributed by atoms with E-state index in [1.165, 1.54) is 0 Å². The van der Waals surface area contributed by atoms with Crippen LogP contribution in [0.4, 0.5) is 5.82 Å². The number of carbonyl (C=O) groups excluding carboxylic acids is 1. The van der Waals surface area contributed by atoms with Gasteiger partial charge in [-0.15, -0.1) is 0 Å². The van der Waals surface area contributed by atoms with Gasteiger partial charge in [0.15, 0.2) is 0 Å². The Morgan fingerprint density at radius 3 is 2.72 bits per heavy atom. The molecule has 0 unspecified atom stereocenters. The summed E-state index contributed by atoms with van der Waals surface area (Å²) in [4.78, 5) is 27.2. The van der Waals surface area contributed by atoms with E-state index in [0.717, 1.165) is 83.0 Å². The van der Waals surface area contributed by atoms with E-state index in [1.807, 2.05) is 65.1 Å². The number of methoxy groups -OCH3 is 1. The smallest absolute Gasteiger partial charge is 0.250 e. The Kier molecular flexibility index (Phi) is 7.02. The lowest BCUT2D eigenvalue weighted by atomic mass is 9.99. The molecule has 0 saturated carbocycles. The summed E-state index contributed by atoms with van der Waals surface area (Å²) in [7, 11) is 1.66. The molecule has 1 amide bonds. The molecule has 0 aliphatic carbocycles. The molecule has 6 rings (SSSR count). The molecule has 4 aromatic rings. The van der Waals surface area contributed by atoms with Gasteiger partial charge in [0.25, 0.3) is 0 Å². The number of para-hydroxylation sites is 1. The van der Waals surface area contributed by atoms with Crippen molar-refractivity contribution >= 4 is 28.7 Å². The van der Waals surface area contributed by atoms with E-state index in [4.69, 9.17) is 14.5 Å². The first-order chi connectivity index (χ1) is 19.1. The van der Waals surface area contributed by atoms with Gasteiger partial charge in [-0.05, 0) is 61.2 Å². The van der Waals surface area contributed by atoms with Gasteiger partial charge in [0.1, 0.15) is 11.6 Å². The van der Waals surface area contributed by atoms with Gasteiger partial charge in [-0.3, -0.25) is 4.79 Å². The minimum Gasteiger partial charge on any atom is -0.495 e. The first-order valence-electron chi connectivity index (χ1n) is 13.5. The number of ether oxygens (including phenoxy) is 2. The lowest BCUT2D eigenvalue weighted by Crippen LogP contribution is -2.37. The standard InChI is InChI=1S/C31H33N5O3/c1-22-19-36(21-32-22)28-10-9-23(17-29(28)38-2)16-24-6-5-11-35(31(24)37)20-25-18-30(34-12-14-39-15-13-34)33-27-8-4-3-7-26(25)27/h3-4,7-10,16-19,21H,5-6,11-15,20H2,1-2H3. The number of likely N-dealkylation sites (tertiary alicyclic amines) is 1. The Labute approximate surface area is 228 Å². The third kappa shape index (κ3) is 5.25. The fourth-order valence-electron chi connectivity index (χ4n) is 5.43. The van der Waals surface area contributed by atoms with E-state index in [0.29, 0.717) is 19.8 Å². The molecular formula is C31H33N5O3. The van der Waals surface area contributed by atoms with Crippen molar-refractivity contribution in [2.45, 2.75) is 26.3 Å². The molecule has 2 aliphatic rings. The predicted octanol–water partition coefficient (Wildman–Crippen LogP) is 4.78. The van der Waals surface area contributed by atoms with Gasteiger partial charge in [0.2, 0.25) is 5.91 Å². The fourth-order valence-corrected chi connectivity index (χ4v) is 5.43. The SMILES string of the molecule is COc1cc(C=C2CCCN(Cc3cc(N4CCOCC4)nc4ccccc34)C2=O)ccc1-n1cnc(C)c1. The maximum absolute atomic E-state index is 13.7. The van der Waals surface area contributed by atoms with Crippen LogP contribution < -0.4 is 9.64 Å². The summed E-state index contributed by atoms with van der Waals surface area (Å²) in [6, 6.07) is 16.4. The van der Waals surface area contributed by atoms with Crippen LogP contribution in [0.25, 0.3) is 22.7 Å². The first-order valence-corrected chi connectivity index (χ1v) is 13.5. The molecule has 2 aromatic carbocycles. The number of hydrogen-bond acceptors (Lipinski definition) is 6. The zero-order chi connectivity index (χ0) is 26.8. The molecule has 4 heterocycles. The van der Waals surface area contributed by atoms with Gasteiger partial charge in [-0.2, -0.15) is 0 Å². The summed E-state index contributed by atoms with van der Waals surface area (Å²) in [5.41, 5.74) is 5.70. The fraction of sp³-hybridized carbons (Fsp3) is 0.323. The molecule has 0 bridgehead atoms. The summed E-state index contributed by atoms with van der Waals surface area (Å²) in [6.45, 7) is 6.31. The number of carbonyl (C=O) groups is 1. The number of hydrogen-bond donors (Lipinski definition) is 0. The quantitative estimate of drug-likeness (QED) is 0.339. The predicted molar refractivity (Wildman–Crippen MR) is 152 cm³/mol. The second-order valence-corrected chi connectivity index (χ2v) is 10.1. The van der Waals surface area contributed by atoms with E-state index >= 15 is 0 Å². The summed E-state index contributed by atoms with van der Waals surface area (Å²) in [5.74, 6) is 1.77. The number of anilines is 1. The van der Waals surface area contributed by atoms with Crippen LogP contribution in [0.3, 0.4) is 0 Å². The van der Waals surface area contributed by atoms with Gasteiger partial charge in [0.05, 0.1) is 43.5 Å². The normalized spacial score (nSPS) is 17.3. The molecule has 0 spiro atoms. The van der Waals surface area contributed by atoms with Crippen LogP contribution in [0.1, 0.15) is 29.7 Å². The second kappa shape index (κ2) is 10.9. The van der Waals surface area contributed by atoms with Crippen molar-refractivity contribution in [3.05, 3.63) is 83.4 Å². The van der Waals surface area contributed by atoms with E-state index in [9.17, 15) is 4.79 Å². The number of pyridine rings is 1. The number of piperidine rings is 1. The molecule has 0 N–H and O–H groups in total.